The highest BCUT2D eigenvalue weighted by molar-refractivity contribution is 5.71. The van der Waals surface area contributed by atoms with Gasteiger partial charge in [-0.1, -0.05) is 0 Å². The molecule has 0 fully saturated rings. The Bertz CT molecular complexity index is 271. The van der Waals surface area contributed by atoms with Gasteiger partial charge in [0.15, 0.2) is 0 Å². The molecule has 0 saturated heterocycles. The molecule has 78 valence electrons. The highest BCUT2D eigenvalue weighted by Gasteiger charge is 2.04. The molecule has 0 saturated carbocycles. The Morgan fingerprint density at radius 3 is 3.07 bits per heavy atom. The third-order valence-electron chi connectivity index (χ3n) is 1.86. The average molecular weight is 197 g/mol. The molecule has 6 nitrogen and oxygen atoms in total. The van der Waals surface area contributed by atoms with Crippen LogP contribution in [0.2, 0.25) is 0 Å². The average Bonchev–Trinajstić information content (AvgIpc) is 2.64. The molecule has 1 unspecified atom stereocenters. The second kappa shape index (κ2) is 5.23. The third-order valence-corrected chi connectivity index (χ3v) is 1.86. The summed E-state index contributed by atoms with van der Waals surface area (Å²) in [5, 5.41) is 12.4. The fourth-order valence-electron chi connectivity index (χ4n) is 1.09. The van der Waals surface area contributed by atoms with Gasteiger partial charge < -0.3 is 16.4 Å². The molecule has 1 rings (SSSR count). The van der Waals surface area contributed by atoms with E-state index in [0.717, 1.165) is 5.69 Å². The standard InChI is InChI=1S/C8H15N5O/c1-6(7-2-3-12-13-7)10-4-5-11-8(9)14/h2-3,6,10H,4-5H2,1H3,(H,12,13)(H3,9,11,14). The Hall–Kier alpha value is -1.56. The van der Waals surface area contributed by atoms with Crippen LogP contribution < -0.4 is 16.4 Å². The fraction of sp³-hybridized carbons (Fsp3) is 0.500. The zero-order valence-electron chi connectivity index (χ0n) is 8.08. The van der Waals surface area contributed by atoms with Crippen molar-refractivity contribution in [2.45, 2.75) is 13.0 Å². The van der Waals surface area contributed by atoms with Crippen LogP contribution in [0.4, 0.5) is 4.79 Å². The van der Waals surface area contributed by atoms with Gasteiger partial charge in [-0.25, -0.2) is 4.79 Å². The van der Waals surface area contributed by atoms with Crippen molar-refractivity contribution in [1.82, 2.24) is 20.8 Å². The van der Waals surface area contributed by atoms with Crippen molar-refractivity contribution in [3.63, 3.8) is 0 Å². The number of aromatic nitrogens is 2. The predicted octanol–water partition coefficient (Wildman–Crippen LogP) is -0.271. The summed E-state index contributed by atoms with van der Waals surface area (Å²) in [6.07, 6.45) is 1.70. The van der Waals surface area contributed by atoms with Gasteiger partial charge in [0.1, 0.15) is 0 Å². The molecule has 1 atom stereocenters. The van der Waals surface area contributed by atoms with Crippen LogP contribution >= 0.6 is 0 Å². The minimum Gasteiger partial charge on any atom is -0.352 e. The summed E-state index contributed by atoms with van der Waals surface area (Å²) in [6.45, 7) is 3.20. The molecule has 0 aliphatic heterocycles. The number of rotatable bonds is 5. The van der Waals surface area contributed by atoms with Gasteiger partial charge in [0, 0.05) is 25.3 Å². The first kappa shape index (κ1) is 10.5. The highest BCUT2D eigenvalue weighted by atomic mass is 16.2. The van der Waals surface area contributed by atoms with E-state index in [1.165, 1.54) is 0 Å². The summed E-state index contributed by atoms with van der Waals surface area (Å²) >= 11 is 0. The SMILES string of the molecule is CC(NCCNC(N)=O)c1ccn[nH]1. The number of primary amides is 1. The Morgan fingerprint density at radius 2 is 2.50 bits per heavy atom. The maximum atomic E-state index is 10.3. The second-order valence-corrected chi connectivity index (χ2v) is 2.98. The largest absolute Gasteiger partial charge is 0.352 e. The Kier molecular flexibility index (Phi) is 3.93. The molecular formula is C8H15N5O. The first-order chi connectivity index (χ1) is 6.70. The van der Waals surface area contributed by atoms with Gasteiger partial charge in [-0.2, -0.15) is 5.10 Å². The van der Waals surface area contributed by atoms with Gasteiger partial charge in [0.25, 0.3) is 0 Å². The topological polar surface area (TPSA) is 95.8 Å². The van der Waals surface area contributed by atoms with Crippen molar-refractivity contribution in [1.29, 1.82) is 0 Å². The van der Waals surface area contributed by atoms with E-state index < -0.39 is 6.03 Å². The monoisotopic (exact) mass is 197 g/mol. The number of nitrogens with two attached hydrogens (primary N) is 1. The summed E-state index contributed by atoms with van der Waals surface area (Å²) < 4.78 is 0. The molecule has 1 aromatic heterocycles. The number of nitrogens with one attached hydrogen (secondary N) is 3. The smallest absolute Gasteiger partial charge is 0.312 e. The maximum absolute atomic E-state index is 10.3. The van der Waals surface area contributed by atoms with Crippen molar-refractivity contribution < 1.29 is 4.79 Å². The van der Waals surface area contributed by atoms with Crippen LogP contribution in [-0.4, -0.2) is 29.3 Å². The van der Waals surface area contributed by atoms with E-state index in [1.54, 1.807) is 6.20 Å². The Balaban J connectivity index is 2.16. The molecule has 2 amide bonds. The van der Waals surface area contributed by atoms with Gasteiger partial charge >= 0.3 is 6.03 Å². The van der Waals surface area contributed by atoms with Gasteiger partial charge in [-0.3, -0.25) is 5.10 Å². The lowest BCUT2D eigenvalue weighted by atomic mass is 10.2. The van der Waals surface area contributed by atoms with Gasteiger partial charge in [0.05, 0.1) is 5.69 Å². The van der Waals surface area contributed by atoms with E-state index in [4.69, 9.17) is 5.73 Å². The van der Waals surface area contributed by atoms with E-state index in [1.807, 2.05) is 13.0 Å². The van der Waals surface area contributed by atoms with Crippen molar-refractivity contribution in [2.24, 2.45) is 5.73 Å². The number of nitrogens with zero attached hydrogens (tertiary/aromatic N) is 1. The molecule has 14 heavy (non-hydrogen) atoms. The van der Waals surface area contributed by atoms with E-state index in [9.17, 15) is 4.79 Å². The second-order valence-electron chi connectivity index (χ2n) is 2.98. The lowest BCUT2D eigenvalue weighted by Crippen LogP contribution is -2.36. The van der Waals surface area contributed by atoms with Crippen LogP contribution in [0.15, 0.2) is 12.3 Å². The highest BCUT2D eigenvalue weighted by Crippen LogP contribution is 2.05. The molecular weight excluding hydrogens is 182 g/mol. The molecule has 0 spiro atoms. The predicted molar refractivity (Wildman–Crippen MR) is 52.6 cm³/mol. The van der Waals surface area contributed by atoms with E-state index in [-0.39, 0.29) is 6.04 Å². The summed E-state index contributed by atoms with van der Waals surface area (Å²) in [5.41, 5.74) is 5.93. The van der Waals surface area contributed by atoms with Crippen LogP contribution in [0.5, 0.6) is 0 Å². The molecule has 0 aliphatic carbocycles. The number of carbonyl (C=O) groups excluding carboxylic acids is 1. The quantitative estimate of drug-likeness (QED) is 0.489. The lowest BCUT2D eigenvalue weighted by molar-refractivity contribution is 0.249. The number of H-pyrrole nitrogens is 1. The van der Waals surface area contributed by atoms with Crippen LogP contribution in [0.1, 0.15) is 18.7 Å². The number of hydrogen-bond donors (Lipinski definition) is 4. The first-order valence-electron chi connectivity index (χ1n) is 4.46. The minimum atomic E-state index is -0.499. The Morgan fingerprint density at radius 1 is 1.71 bits per heavy atom. The normalized spacial score (nSPS) is 12.4. The molecule has 0 bridgehead atoms. The van der Waals surface area contributed by atoms with E-state index in [2.05, 4.69) is 20.8 Å². The summed E-state index contributed by atoms with van der Waals surface area (Å²) in [6, 6.07) is 1.59. The van der Waals surface area contributed by atoms with Gasteiger partial charge in [0.2, 0.25) is 0 Å². The third kappa shape index (κ3) is 3.44. The summed E-state index contributed by atoms with van der Waals surface area (Å²) in [7, 11) is 0. The van der Waals surface area contributed by atoms with Crippen molar-refractivity contribution in [3.8, 4) is 0 Å². The maximum Gasteiger partial charge on any atom is 0.312 e. The zero-order valence-corrected chi connectivity index (χ0v) is 8.08. The van der Waals surface area contributed by atoms with Crippen LogP contribution in [0.3, 0.4) is 0 Å². The zero-order chi connectivity index (χ0) is 10.4. The number of amides is 2. The molecule has 6 heteroatoms. The Labute approximate surface area is 82.3 Å². The number of hydrogen-bond acceptors (Lipinski definition) is 3. The van der Waals surface area contributed by atoms with Crippen molar-refractivity contribution in [2.75, 3.05) is 13.1 Å². The van der Waals surface area contributed by atoms with E-state index >= 15 is 0 Å². The van der Waals surface area contributed by atoms with Gasteiger partial charge in [-0.05, 0) is 13.0 Å². The molecule has 1 heterocycles. The number of carbonyl (C=O) groups is 1. The molecule has 5 N–H and O–H groups in total. The number of aromatic amines is 1. The van der Waals surface area contributed by atoms with Crippen molar-refractivity contribution in [3.05, 3.63) is 18.0 Å². The summed E-state index contributed by atoms with van der Waals surface area (Å²) in [5.74, 6) is 0. The molecule has 0 aromatic carbocycles. The molecule has 0 aliphatic rings. The van der Waals surface area contributed by atoms with Crippen molar-refractivity contribution >= 4 is 6.03 Å². The van der Waals surface area contributed by atoms with E-state index in [0.29, 0.717) is 13.1 Å². The lowest BCUT2D eigenvalue weighted by Gasteiger charge is -2.11. The van der Waals surface area contributed by atoms with Crippen LogP contribution in [-0.2, 0) is 0 Å². The van der Waals surface area contributed by atoms with Crippen LogP contribution in [0.25, 0.3) is 0 Å². The van der Waals surface area contributed by atoms with Crippen LogP contribution in [0, 0.1) is 0 Å². The first-order valence-corrected chi connectivity index (χ1v) is 4.46. The molecule has 1 aromatic rings. The summed E-state index contributed by atoms with van der Waals surface area (Å²) in [4.78, 5) is 10.3. The fourth-order valence-corrected chi connectivity index (χ4v) is 1.09. The van der Waals surface area contributed by atoms with Gasteiger partial charge in [-0.15, -0.1) is 0 Å². The number of urea groups is 1. The molecule has 0 radical (unpaired) electrons. The minimum absolute atomic E-state index is 0.187.